The number of carbonyl (C=O) groups excluding carboxylic acids is 3. The first kappa shape index (κ1) is 27.3. The van der Waals surface area contributed by atoms with E-state index in [1.54, 1.807) is 17.2 Å². The summed E-state index contributed by atoms with van der Waals surface area (Å²) in [4.78, 5) is 53.6. The molecule has 4 heterocycles. The third kappa shape index (κ3) is 4.50. The number of nitrogens with zero attached hydrogens (tertiary/aromatic N) is 4. The lowest BCUT2D eigenvalue weighted by atomic mass is 9.84. The Morgan fingerprint density at radius 1 is 1.00 bits per heavy atom. The normalized spacial score (nSPS) is 18.7. The fourth-order valence-electron chi connectivity index (χ4n) is 7.17. The van der Waals surface area contributed by atoms with Crippen LogP contribution in [0.2, 0.25) is 0 Å². The molecule has 3 aliphatic rings. The number of hydrogen-bond acceptors (Lipinski definition) is 5. The van der Waals surface area contributed by atoms with Crippen molar-refractivity contribution in [3.63, 3.8) is 0 Å². The first-order valence-corrected chi connectivity index (χ1v) is 15.0. The molecule has 1 atom stereocenters. The van der Waals surface area contributed by atoms with Gasteiger partial charge in [0.05, 0.1) is 29.5 Å². The number of aromatic amines is 1. The van der Waals surface area contributed by atoms with Gasteiger partial charge in [0.15, 0.2) is 0 Å². The van der Waals surface area contributed by atoms with Crippen LogP contribution in [-0.2, 0) is 24.2 Å². The quantitative estimate of drug-likeness (QED) is 0.381. The van der Waals surface area contributed by atoms with Gasteiger partial charge in [-0.05, 0) is 74.5 Å². The highest BCUT2D eigenvalue weighted by molar-refractivity contribution is 6.13. The number of aryl methyl sites for hydroxylation is 2. The Kier molecular flexibility index (Phi) is 6.58. The molecule has 9 nitrogen and oxygen atoms in total. The predicted molar refractivity (Wildman–Crippen MR) is 166 cm³/mol. The number of fused-ring (bicyclic) bond motifs is 4. The van der Waals surface area contributed by atoms with Crippen LogP contribution in [0.1, 0.15) is 55.1 Å². The van der Waals surface area contributed by atoms with E-state index in [1.165, 1.54) is 0 Å². The Bertz CT molecular complexity index is 1820. The van der Waals surface area contributed by atoms with E-state index in [0.29, 0.717) is 24.0 Å². The number of pyridine rings is 1. The van der Waals surface area contributed by atoms with Crippen molar-refractivity contribution in [3.8, 4) is 11.1 Å². The molecule has 1 fully saturated rings. The molecular weight excluding hydrogens is 540 g/mol. The molecule has 3 amide bonds. The summed E-state index contributed by atoms with van der Waals surface area (Å²) in [7, 11) is 2.09. The van der Waals surface area contributed by atoms with E-state index in [-0.39, 0.29) is 17.7 Å². The standard InChI is InChI=1S/C34H36N6O3/c1-19-4-6-23-22(14-19)18-40(34(23)43)29-17-36-16-27(20(29)2)24-8-9-26(32(35)41)31-30(24)25-7-5-21(15-28(25)37-31)33(42)39-12-10-38(3)11-13-39/h4,6,8-9,14,16-17,21,37H,5,7,10-13,15,18H2,1-3H3,(H2,35,41). The zero-order chi connectivity index (χ0) is 30.0. The van der Waals surface area contributed by atoms with Crippen molar-refractivity contribution in [2.45, 2.75) is 39.7 Å². The number of anilines is 1. The van der Waals surface area contributed by atoms with Crippen LogP contribution in [0, 0.1) is 19.8 Å². The van der Waals surface area contributed by atoms with E-state index in [9.17, 15) is 14.4 Å². The van der Waals surface area contributed by atoms with Gasteiger partial charge in [0.2, 0.25) is 5.91 Å². The minimum atomic E-state index is -0.500. The second-order valence-electron chi connectivity index (χ2n) is 12.3. The van der Waals surface area contributed by atoms with Crippen LogP contribution in [0.25, 0.3) is 22.0 Å². The van der Waals surface area contributed by atoms with E-state index in [1.807, 2.05) is 43.1 Å². The summed E-state index contributed by atoms with van der Waals surface area (Å²) in [6, 6.07) is 9.65. The molecule has 0 bridgehead atoms. The van der Waals surface area contributed by atoms with Gasteiger partial charge in [0.25, 0.3) is 11.8 Å². The van der Waals surface area contributed by atoms with Crippen molar-refractivity contribution in [2.24, 2.45) is 11.7 Å². The van der Waals surface area contributed by atoms with Gasteiger partial charge in [-0.25, -0.2) is 0 Å². The first-order chi connectivity index (χ1) is 20.7. The van der Waals surface area contributed by atoms with Crippen LogP contribution in [0.15, 0.2) is 42.7 Å². The van der Waals surface area contributed by atoms with E-state index in [2.05, 4.69) is 28.0 Å². The van der Waals surface area contributed by atoms with Crippen LogP contribution < -0.4 is 10.6 Å². The number of nitrogens with one attached hydrogen (secondary N) is 1. The van der Waals surface area contributed by atoms with Gasteiger partial charge < -0.3 is 25.4 Å². The number of aromatic nitrogens is 2. The largest absolute Gasteiger partial charge is 0.366 e. The molecule has 3 N–H and O–H groups in total. The molecule has 2 aromatic carbocycles. The van der Waals surface area contributed by atoms with E-state index >= 15 is 0 Å². The minimum Gasteiger partial charge on any atom is -0.366 e. The van der Waals surface area contributed by atoms with E-state index < -0.39 is 5.91 Å². The summed E-state index contributed by atoms with van der Waals surface area (Å²) in [5.74, 6) is -0.407. The highest BCUT2D eigenvalue weighted by Crippen LogP contribution is 2.42. The Morgan fingerprint density at radius 2 is 1.77 bits per heavy atom. The second-order valence-corrected chi connectivity index (χ2v) is 12.3. The number of hydrogen-bond donors (Lipinski definition) is 2. The van der Waals surface area contributed by atoms with Crippen molar-refractivity contribution < 1.29 is 14.4 Å². The molecule has 7 rings (SSSR count). The highest BCUT2D eigenvalue weighted by Gasteiger charge is 2.34. The molecular formula is C34H36N6O3. The van der Waals surface area contributed by atoms with Gasteiger partial charge in [0.1, 0.15) is 0 Å². The van der Waals surface area contributed by atoms with Gasteiger partial charge >= 0.3 is 0 Å². The average Bonchev–Trinajstić information content (AvgIpc) is 3.53. The maximum atomic E-state index is 13.5. The van der Waals surface area contributed by atoms with Gasteiger partial charge in [0, 0.05) is 60.5 Å². The zero-order valence-corrected chi connectivity index (χ0v) is 24.9. The van der Waals surface area contributed by atoms with Crippen molar-refractivity contribution in [3.05, 3.63) is 81.8 Å². The third-order valence-corrected chi connectivity index (χ3v) is 9.60. The molecule has 1 unspecified atom stereocenters. The number of rotatable bonds is 4. The van der Waals surface area contributed by atoms with Crippen molar-refractivity contribution in [2.75, 3.05) is 38.1 Å². The maximum absolute atomic E-state index is 13.5. The van der Waals surface area contributed by atoms with Crippen LogP contribution in [0.5, 0.6) is 0 Å². The Hall–Kier alpha value is -4.50. The lowest BCUT2D eigenvalue weighted by Gasteiger charge is -2.35. The number of likely N-dealkylation sites (N-methyl/N-ethyl adjacent to an activating group) is 1. The Morgan fingerprint density at radius 3 is 2.53 bits per heavy atom. The highest BCUT2D eigenvalue weighted by atomic mass is 16.2. The second kappa shape index (κ2) is 10.3. The van der Waals surface area contributed by atoms with Crippen LogP contribution >= 0.6 is 0 Å². The monoisotopic (exact) mass is 576 g/mol. The third-order valence-electron chi connectivity index (χ3n) is 9.60. The van der Waals surface area contributed by atoms with Crippen LogP contribution in [0.3, 0.4) is 0 Å². The lowest BCUT2D eigenvalue weighted by molar-refractivity contribution is -0.137. The van der Waals surface area contributed by atoms with E-state index in [0.717, 1.165) is 94.7 Å². The number of primary amides is 1. The molecule has 4 aromatic rings. The van der Waals surface area contributed by atoms with Crippen molar-refractivity contribution in [1.29, 1.82) is 0 Å². The number of piperazine rings is 1. The van der Waals surface area contributed by atoms with Crippen LogP contribution in [0.4, 0.5) is 5.69 Å². The topological polar surface area (TPSA) is 116 Å². The SMILES string of the molecule is Cc1ccc2c(c1)CN(c1cncc(-c3ccc(C(N)=O)c4[nH]c5c(c34)CCC(C(=O)N3CCN(C)CC3)C5)c1C)C2=O. The molecule has 43 heavy (non-hydrogen) atoms. The Balaban J connectivity index is 1.28. The summed E-state index contributed by atoms with van der Waals surface area (Å²) in [5.41, 5.74) is 15.5. The Labute approximate surface area is 250 Å². The fraction of sp³-hybridized carbons (Fsp3) is 0.353. The number of benzene rings is 2. The molecule has 1 aliphatic carbocycles. The molecule has 1 saturated heterocycles. The van der Waals surface area contributed by atoms with Gasteiger partial charge in [-0.1, -0.05) is 23.8 Å². The maximum Gasteiger partial charge on any atom is 0.258 e. The van der Waals surface area contributed by atoms with Crippen LogP contribution in [-0.4, -0.2) is 70.7 Å². The van der Waals surface area contributed by atoms with Crippen molar-refractivity contribution in [1.82, 2.24) is 19.8 Å². The molecule has 0 spiro atoms. The van der Waals surface area contributed by atoms with E-state index in [4.69, 9.17) is 5.73 Å². The summed E-state index contributed by atoms with van der Waals surface area (Å²) >= 11 is 0. The summed E-state index contributed by atoms with van der Waals surface area (Å²) in [5, 5.41) is 0.950. The van der Waals surface area contributed by atoms with Crippen molar-refractivity contribution >= 4 is 34.3 Å². The van der Waals surface area contributed by atoms with Gasteiger partial charge in [-0.3, -0.25) is 19.4 Å². The first-order valence-electron chi connectivity index (χ1n) is 15.0. The molecule has 2 aromatic heterocycles. The average molecular weight is 577 g/mol. The fourth-order valence-corrected chi connectivity index (χ4v) is 7.17. The number of H-pyrrole nitrogens is 1. The molecule has 2 aliphatic heterocycles. The lowest BCUT2D eigenvalue weighted by Crippen LogP contribution is -2.49. The molecule has 0 radical (unpaired) electrons. The molecule has 9 heteroatoms. The molecule has 220 valence electrons. The number of carbonyl (C=O) groups is 3. The zero-order valence-electron chi connectivity index (χ0n) is 24.9. The number of nitrogens with two attached hydrogens (primary N) is 1. The summed E-state index contributed by atoms with van der Waals surface area (Å²) in [6.07, 6.45) is 5.66. The summed E-state index contributed by atoms with van der Waals surface area (Å²) < 4.78 is 0. The summed E-state index contributed by atoms with van der Waals surface area (Å²) in [6.45, 7) is 7.85. The van der Waals surface area contributed by atoms with Gasteiger partial charge in [-0.2, -0.15) is 0 Å². The predicted octanol–water partition coefficient (Wildman–Crippen LogP) is 3.98. The number of amides is 3. The van der Waals surface area contributed by atoms with Gasteiger partial charge in [-0.15, -0.1) is 0 Å². The smallest absolute Gasteiger partial charge is 0.258 e. The molecule has 0 saturated carbocycles. The minimum absolute atomic E-state index is 0.0265.